The second kappa shape index (κ2) is 10.5. The molecule has 1 aliphatic rings. The molecule has 0 spiro atoms. The average Bonchev–Trinajstić information content (AvgIpc) is 2.74. The van der Waals surface area contributed by atoms with Crippen LogP contribution in [0.2, 0.25) is 10.0 Å². The van der Waals surface area contributed by atoms with Crippen molar-refractivity contribution in [3.05, 3.63) is 82.4 Å². The molecule has 1 saturated heterocycles. The van der Waals surface area contributed by atoms with E-state index in [1.54, 1.807) is 0 Å². The van der Waals surface area contributed by atoms with Crippen LogP contribution in [-0.2, 0) is 4.79 Å². The van der Waals surface area contributed by atoms with E-state index in [9.17, 15) is 4.79 Å². The van der Waals surface area contributed by atoms with Crippen LogP contribution < -0.4 is 5.32 Å². The van der Waals surface area contributed by atoms with Gasteiger partial charge in [0.25, 0.3) is 0 Å². The van der Waals surface area contributed by atoms with Crippen LogP contribution in [0.25, 0.3) is 0 Å². The van der Waals surface area contributed by atoms with E-state index >= 15 is 0 Å². The quantitative estimate of drug-likeness (QED) is 0.488. The highest BCUT2D eigenvalue weighted by Gasteiger charge is 2.44. The molecule has 1 heterocycles. The van der Waals surface area contributed by atoms with Gasteiger partial charge in [0.2, 0.25) is 5.91 Å². The van der Waals surface area contributed by atoms with E-state index in [2.05, 4.69) is 29.8 Å². The minimum absolute atomic E-state index is 0.0763. The van der Waals surface area contributed by atoms with E-state index < -0.39 is 0 Å². The van der Waals surface area contributed by atoms with Gasteiger partial charge in [-0.2, -0.15) is 0 Å². The van der Waals surface area contributed by atoms with E-state index in [0.29, 0.717) is 16.5 Å². The topological polar surface area (TPSA) is 32.3 Å². The SMILES string of the molecule is C=CC[C@@H]1CC(c2cccc(Cl)c2)[C@@H](c2ccc(Cl)cc2)N(C(CC)CNC)C1=O. The number of halogens is 2. The standard InChI is InChI=1S/C25H30Cl2N2O/c1-4-7-19-15-23(18-8-6-9-21(27)14-18)24(17-10-12-20(26)13-11-17)29(25(19)30)22(5-2)16-28-3/h4,6,8-14,19,22-24,28H,1,5,7,15-16H2,2-3H3/t19-,22?,23?,24-/m1/s1. The fourth-order valence-corrected chi connectivity index (χ4v) is 4.99. The second-order valence-electron chi connectivity index (χ2n) is 7.98. The number of amides is 1. The molecule has 1 aliphatic heterocycles. The third-order valence-corrected chi connectivity index (χ3v) is 6.55. The number of rotatable bonds is 8. The second-order valence-corrected chi connectivity index (χ2v) is 8.85. The van der Waals surface area contributed by atoms with Crippen molar-refractivity contribution in [3.8, 4) is 0 Å². The van der Waals surface area contributed by atoms with Gasteiger partial charge >= 0.3 is 0 Å². The van der Waals surface area contributed by atoms with E-state index in [-0.39, 0.29) is 29.8 Å². The van der Waals surface area contributed by atoms with Crippen LogP contribution in [0.15, 0.2) is 61.2 Å². The Labute approximate surface area is 190 Å². The molecule has 3 rings (SSSR count). The van der Waals surface area contributed by atoms with Crippen molar-refractivity contribution >= 4 is 29.1 Å². The lowest BCUT2D eigenvalue weighted by molar-refractivity contribution is -0.146. The summed E-state index contributed by atoms with van der Waals surface area (Å²) < 4.78 is 0. The van der Waals surface area contributed by atoms with Crippen LogP contribution in [0.4, 0.5) is 0 Å². The number of benzene rings is 2. The molecule has 30 heavy (non-hydrogen) atoms. The van der Waals surface area contributed by atoms with Gasteiger partial charge in [0, 0.05) is 34.5 Å². The van der Waals surface area contributed by atoms with Crippen molar-refractivity contribution in [2.45, 2.75) is 44.2 Å². The van der Waals surface area contributed by atoms with E-state index in [0.717, 1.165) is 30.5 Å². The Bertz CT molecular complexity index is 868. The van der Waals surface area contributed by atoms with Gasteiger partial charge in [-0.05, 0) is 61.7 Å². The number of likely N-dealkylation sites (tertiary alicyclic amines) is 1. The highest BCUT2D eigenvalue weighted by molar-refractivity contribution is 6.30. The van der Waals surface area contributed by atoms with Crippen molar-refractivity contribution in [1.82, 2.24) is 10.2 Å². The third kappa shape index (κ3) is 4.91. The van der Waals surface area contributed by atoms with Crippen molar-refractivity contribution < 1.29 is 4.79 Å². The van der Waals surface area contributed by atoms with Crippen molar-refractivity contribution in [2.24, 2.45) is 5.92 Å². The Morgan fingerprint density at radius 1 is 1.17 bits per heavy atom. The average molecular weight is 445 g/mol. The monoisotopic (exact) mass is 444 g/mol. The van der Waals surface area contributed by atoms with Gasteiger partial charge < -0.3 is 10.2 Å². The molecule has 160 valence electrons. The number of hydrogen-bond acceptors (Lipinski definition) is 2. The van der Waals surface area contributed by atoms with Crippen LogP contribution in [0, 0.1) is 5.92 Å². The lowest BCUT2D eigenvalue weighted by atomic mass is 9.74. The number of allylic oxidation sites excluding steroid dienone is 1. The zero-order valence-corrected chi connectivity index (χ0v) is 19.2. The molecular formula is C25H30Cl2N2O. The summed E-state index contributed by atoms with van der Waals surface area (Å²) in [7, 11) is 1.93. The maximum absolute atomic E-state index is 13.7. The predicted octanol–water partition coefficient (Wildman–Crippen LogP) is 6.24. The molecule has 1 N–H and O–H groups in total. The summed E-state index contributed by atoms with van der Waals surface area (Å²) in [5.74, 6) is 0.259. The van der Waals surface area contributed by atoms with Gasteiger partial charge in [-0.25, -0.2) is 0 Å². The molecule has 5 heteroatoms. The van der Waals surface area contributed by atoms with Gasteiger partial charge in [0.15, 0.2) is 0 Å². The third-order valence-electron chi connectivity index (χ3n) is 6.07. The summed E-state index contributed by atoms with van der Waals surface area (Å²) in [4.78, 5) is 15.8. The van der Waals surface area contributed by atoms with Gasteiger partial charge in [0.1, 0.15) is 0 Å². The van der Waals surface area contributed by atoms with Crippen LogP contribution >= 0.6 is 23.2 Å². The molecule has 0 bridgehead atoms. The number of carbonyl (C=O) groups excluding carboxylic acids is 1. The Balaban J connectivity index is 2.16. The summed E-state index contributed by atoms with van der Waals surface area (Å²) >= 11 is 12.5. The molecule has 1 amide bonds. The Hall–Kier alpha value is -1.81. The lowest BCUT2D eigenvalue weighted by Crippen LogP contribution is -2.53. The fraction of sp³-hybridized carbons (Fsp3) is 0.400. The Morgan fingerprint density at radius 3 is 2.50 bits per heavy atom. The number of likely N-dealkylation sites (N-methyl/N-ethyl adjacent to an activating group) is 1. The number of hydrogen-bond donors (Lipinski definition) is 1. The zero-order valence-electron chi connectivity index (χ0n) is 17.7. The summed E-state index contributed by atoms with van der Waals surface area (Å²) in [6.45, 7) is 6.78. The maximum atomic E-state index is 13.7. The smallest absolute Gasteiger partial charge is 0.226 e. The minimum Gasteiger partial charge on any atom is -0.331 e. The van der Waals surface area contributed by atoms with Gasteiger partial charge in [-0.3, -0.25) is 4.79 Å². The molecule has 2 unspecified atom stereocenters. The van der Waals surface area contributed by atoms with Crippen LogP contribution in [0.1, 0.15) is 49.3 Å². The summed E-state index contributed by atoms with van der Waals surface area (Å²) in [5.41, 5.74) is 2.26. The first kappa shape index (κ1) is 22.9. The van der Waals surface area contributed by atoms with Gasteiger partial charge in [0.05, 0.1) is 6.04 Å². The van der Waals surface area contributed by atoms with Crippen molar-refractivity contribution in [3.63, 3.8) is 0 Å². The molecule has 0 aliphatic carbocycles. The highest BCUT2D eigenvalue weighted by Crippen LogP contribution is 2.47. The summed E-state index contributed by atoms with van der Waals surface area (Å²) in [5, 5.41) is 4.68. The van der Waals surface area contributed by atoms with Crippen LogP contribution in [0.3, 0.4) is 0 Å². The minimum atomic E-state index is -0.0825. The van der Waals surface area contributed by atoms with Crippen molar-refractivity contribution in [1.29, 1.82) is 0 Å². The number of carbonyl (C=O) groups is 1. The normalized spacial score (nSPS) is 22.7. The van der Waals surface area contributed by atoms with Crippen LogP contribution in [-0.4, -0.2) is 30.4 Å². The first-order valence-corrected chi connectivity index (χ1v) is 11.3. The molecule has 0 aromatic heterocycles. The summed E-state index contributed by atoms with van der Waals surface area (Å²) in [6.07, 6.45) is 4.18. The van der Waals surface area contributed by atoms with E-state index in [1.807, 2.05) is 55.6 Å². The lowest BCUT2D eigenvalue weighted by Gasteiger charge is -2.48. The fourth-order valence-electron chi connectivity index (χ4n) is 4.67. The zero-order chi connectivity index (χ0) is 21.7. The number of nitrogens with zero attached hydrogens (tertiary/aromatic N) is 1. The Kier molecular flexibility index (Phi) is 7.99. The first-order chi connectivity index (χ1) is 14.5. The number of piperidine rings is 1. The largest absolute Gasteiger partial charge is 0.331 e. The first-order valence-electron chi connectivity index (χ1n) is 10.6. The molecular weight excluding hydrogens is 415 g/mol. The predicted molar refractivity (Wildman–Crippen MR) is 126 cm³/mol. The molecule has 1 fully saturated rings. The van der Waals surface area contributed by atoms with Crippen molar-refractivity contribution in [2.75, 3.05) is 13.6 Å². The van der Waals surface area contributed by atoms with E-state index in [1.165, 1.54) is 0 Å². The summed E-state index contributed by atoms with van der Waals surface area (Å²) in [6, 6.07) is 16.0. The maximum Gasteiger partial charge on any atom is 0.226 e. The molecule has 4 atom stereocenters. The van der Waals surface area contributed by atoms with Gasteiger partial charge in [-0.15, -0.1) is 6.58 Å². The number of nitrogens with one attached hydrogen (secondary N) is 1. The molecule has 3 nitrogen and oxygen atoms in total. The molecule has 0 radical (unpaired) electrons. The van der Waals surface area contributed by atoms with E-state index in [4.69, 9.17) is 23.2 Å². The highest BCUT2D eigenvalue weighted by atomic mass is 35.5. The van der Waals surface area contributed by atoms with Gasteiger partial charge in [-0.1, -0.05) is 60.5 Å². The molecule has 2 aromatic rings. The molecule has 0 saturated carbocycles. The Morgan fingerprint density at radius 2 is 1.90 bits per heavy atom. The van der Waals surface area contributed by atoms with Crippen LogP contribution in [0.5, 0.6) is 0 Å². The molecule has 2 aromatic carbocycles.